The van der Waals surface area contributed by atoms with Crippen LogP contribution >= 0.6 is 0 Å². The first-order valence-corrected chi connectivity index (χ1v) is 5.66. The van der Waals surface area contributed by atoms with E-state index in [1.54, 1.807) is 6.07 Å². The SMILES string of the molecule is N#Cc1ccc(Oc2ccc(C=O)cc2[N+](=O)[O-])c(F)c1. The van der Waals surface area contributed by atoms with Gasteiger partial charge in [0.15, 0.2) is 11.6 Å². The van der Waals surface area contributed by atoms with Crippen LogP contribution in [0.1, 0.15) is 15.9 Å². The zero-order chi connectivity index (χ0) is 15.4. The molecule has 7 heteroatoms. The molecule has 0 atom stereocenters. The lowest BCUT2D eigenvalue weighted by molar-refractivity contribution is -0.385. The van der Waals surface area contributed by atoms with E-state index in [9.17, 15) is 19.3 Å². The number of benzene rings is 2. The number of nitrogens with zero attached hydrogens (tertiary/aromatic N) is 2. The summed E-state index contributed by atoms with van der Waals surface area (Å²) in [5.74, 6) is -1.27. The number of nitro groups is 1. The first-order chi connectivity index (χ1) is 10.0. The van der Waals surface area contributed by atoms with E-state index in [0.29, 0.717) is 6.29 Å². The van der Waals surface area contributed by atoms with Crippen LogP contribution in [0.2, 0.25) is 0 Å². The van der Waals surface area contributed by atoms with Crippen LogP contribution in [-0.4, -0.2) is 11.2 Å². The summed E-state index contributed by atoms with van der Waals surface area (Å²) in [5, 5.41) is 19.6. The molecule has 0 bridgehead atoms. The third-order valence-corrected chi connectivity index (χ3v) is 2.60. The number of aldehydes is 1. The molecule has 21 heavy (non-hydrogen) atoms. The lowest BCUT2D eigenvalue weighted by Gasteiger charge is -2.07. The van der Waals surface area contributed by atoms with E-state index in [-0.39, 0.29) is 22.6 Å². The van der Waals surface area contributed by atoms with Crippen LogP contribution in [0.4, 0.5) is 10.1 Å². The van der Waals surface area contributed by atoms with Gasteiger partial charge in [-0.15, -0.1) is 0 Å². The fourth-order valence-corrected chi connectivity index (χ4v) is 1.61. The Morgan fingerprint density at radius 3 is 2.52 bits per heavy atom. The summed E-state index contributed by atoms with van der Waals surface area (Å²) in [6.07, 6.45) is 0.457. The number of carbonyl (C=O) groups excluding carboxylic acids is 1. The highest BCUT2D eigenvalue weighted by Gasteiger charge is 2.18. The minimum atomic E-state index is -0.817. The van der Waals surface area contributed by atoms with Crippen molar-refractivity contribution < 1.29 is 18.8 Å². The summed E-state index contributed by atoms with van der Waals surface area (Å²) in [5.41, 5.74) is -0.247. The van der Waals surface area contributed by atoms with Crippen LogP contribution in [-0.2, 0) is 0 Å². The maximum atomic E-state index is 13.7. The van der Waals surface area contributed by atoms with Crippen LogP contribution in [0.3, 0.4) is 0 Å². The highest BCUT2D eigenvalue weighted by atomic mass is 19.1. The highest BCUT2D eigenvalue weighted by Crippen LogP contribution is 2.33. The van der Waals surface area contributed by atoms with E-state index in [1.807, 2.05) is 0 Å². The second kappa shape index (κ2) is 5.79. The Labute approximate surface area is 118 Å². The van der Waals surface area contributed by atoms with Gasteiger partial charge < -0.3 is 4.74 Å². The maximum absolute atomic E-state index is 13.7. The molecule has 0 N–H and O–H groups in total. The summed E-state index contributed by atoms with van der Waals surface area (Å²) in [6, 6.07) is 8.80. The number of hydrogen-bond acceptors (Lipinski definition) is 5. The minimum Gasteiger partial charge on any atom is -0.447 e. The number of hydrogen-bond donors (Lipinski definition) is 0. The van der Waals surface area contributed by atoms with Crippen LogP contribution in [0.25, 0.3) is 0 Å². The monoisotopic (exact) mass is 286 g/mol. The van der Waals surface area contributed by atoms with Crippen LogP contribution in [0, 0.1) is 27.3 Å². The molecular formula is C14H7FN2O4. The molecule has 0 aliphatic heterocycles. The van der Waals surface area contributed by atoms with Gasteiger partial charge in [0.25, 0.3) is 0 Å². The molecule has 0 fully saturated rings. The highest BCUT2D eigenvalue weighted by molar-refractivity contribution is 5.77. The van der Waals surface area contributed by atoms with Crippen molar-refractivity contribution >= 4 is 12.0 Å². The molecule has 2 rings (SSSR count). The third kappa shape index (κ3) is 3.01. The Kier molecular flexibility index (Phi) is 3.90. The molecule has 104 valence electrons. The van der Waals surface area contributed by atoms with Crippen molar-refractivity contribution in [1.29, 1.82) is 5.26 Å². The van der Waals surface area contributed by atoms with Crippen LogP contribution in [0.15, 0.2) is 36.4 Å². The van der Waals surface area contributed by atoms with E-state index >= 15 is 0 Å². The molecule has 0 aromatic heterocycles. The second-order valence-corrected chi connectivity index (χ2v) is 3.96. The zero-order valence-corrected chi connectivity index (χ0v) is 10.4. The standard InChI is InChI=1S/C14H7FN2O4/c15-11-5-9(7-16)1-3-13(11)21-14-4-2-10(8-18)6-12(14)17(19)20/h1-6,8H. The maximum Gasteiger partial charge on any atom is 0.312 e. The predicted octanol–water partition coefficient (Wildman–Crippen LogP) is 3.21. The zero-order valence-electron chi connectivity index (χ0n) is 10.4. The molecule has 0 saturated carbocycles. The molecule has 0 saturated heterocycles. The van der Waals surface area contributed by atoms with E-state index in [0.717, 1.165) is 12.1 Å². The fraction of sp³-hybridized carbons (Fsp3) is 0. The molecule has 0 spiro atoms. The Bertz CT molecular complexity index is 768. The average Bonchev–Trinajstić information content (AvgIpc) is 2.49. The van der Waals surface area contributed by atoms with Gasteiger partial charge in [-0.2, -0.15) is 5.26 Å². The molecular weight excluding hydrogens is 279 g/mol. The second-order valence-electron chi connectivity index (χ2n) is 3.96. The van der Waals surface area contributed by atoms with Crippen molar-refractivity contribution in [3.63, 3.8) is 0 Å². The summed E-state index contributed by atoms with van der Waals surface area (Å²) >= 11 is 0. The van der Waals surface area contributed by atoms with Crippen molar-refractivity contribution in [3.05, 3.63) is 63.5 Å². The van der Waals surface area contributed by atoms with Gasteiger partial charge in [-0.05, 0) is 30.3 Å². The molecule has 0 amide bonds. The summed E-state index contributed by atoms with van der Waals surface area (Å²) in [6.45, 7) is 0. The topological polar surface area (TPSA) is 93.2 Å². The number of nitro benzene ring substituents is 1. The fourth-order valence-electron chi connectivity index (χ4n) is 1.61. The van der Waals surface area contributed by atoms with Gasteiger partial charge in [0.05, 0.1) is 16.6 Å². The molecule has 0 radical (unpaired) electrons. The number of ether oxygens (including phenoxy) is 1. The number of halogens is 1. The third-order valence-electron chi connectivity index (χ3n) is 2.60. The van der Waals surface area contributed by atoms with Gasteiger partial charge in [0.1, 0.15) is 6.29 Å². The first-order valence-electron chi connectivity index (χ1n) is 5.66. The number of carbonyl (C=O) groups is 1. The molecule has 2 aromatic carbocycles. The van der Waals surface area contributed by atoms with Gasteiger partial charge in [-0.3, -0.25) is 14.9 Å². The van der Waals surface area contributed by atoms with Crippen molar-refractivity contribution in [1.82, 2.24) is 0 Å². The van der Waals surface area contributed by atoms with E-state index < -0.39 is 16.4 Å². The normalized spacial score (nSPS) is 9.71. The minimum absolute atomic E-state index is 0.102. The molecule has 0 unspecified atom stereocenters. The molecule has 2 aromatic rings. The van der Waals surface area contributed by atoms with Crippen molar-refractivity contribution in [2.24, 2.45) is 0 Å². The lowest BCUT2D eigenvalue weighted by Crippen LogP contribution is -1.96. The predicted molar refractivity (Wildman–Crippen MR) is 69.7 cm³/mol. The van der Waals surface area contributed by atoms with Crippen molar-refractivity contribution in [2.75, 3.05) is 0 Å². The number of rotatable bonds is 4. The number of nitriles is 1. The summed E-state index contributed by atoms with van der Waals surface area (Å²) < 4.78 is 18.9. The summed E-state index contributed by atoms with van der Waals surface area (Å²) in [4.78, 5) is 20.8. The smallest absolute Gasteiger partial charge is 0.312 e. The van der Waals surface area contributed by atoms with Crippen molar-refractivity contribution in [3.8, 4) is 17.6 Å². The Morgan fingerprint density at radius 2 is 1.95 bits per heavy atom. The Balaban J connectivity index is 2.42. The molecule has 0 heterocycles. The first kappa shape index (κ1) is 14.1. The lowest BCUT2D eigenvalue weighted by atomic mass is 10.2. The van der Waals surface area contributed by atoms with E-state index in [2.05, 4.69) is 0 Å². The Hall–Kier alpha value is -3.27. The van der Waals surface area contributed by atoms with Gasteiger partial charge in [-0.25, -0.2) is 4.39 Å². The van der Waals surface area contributed by atoms with E-state index in [1.165, 1.54) is 24.3 Å². The molecule has 6 nitrogen and oxygen atoms in total. The summed E-state index contributed by atoms with van der Waals surface area (Å²) in [7, 11) is 0. The van der Waals surface area contributed by atoms with Crippen LogP contribution < -0.4 is 4.74 Å². The average molecular weight is 286 g/mol. The quantitative estimate of drug-likeness (QED) is 0.488. The van der Waals surface area contributed by atoms with Crippen LogP contribution in [0.5, 0.6) is 11.5 Å². The molecule has 0 aliphatic rings. The Morgan fingerprint density at radius 1 is 1.24 bits per heavy atom. The largest absolute Gasteiger partial charge is 0.447 e. The van der Waals surface area contributed by atoms with Gasteiger partial charge in [-0.1, -0.05) is 0 Å². The molecule has 0 aliphatic carbocycles. The van der Waals surface area contributed by atoms with E-state index in [4.69, 9.17) is 10.00 Å². The van der Waals surface area contributed by atoms with Crippen molar-refractivity contribution in [2.45, 2.75) is 0 Å². The van der Waals surface area contributed by atoms with Gasteiger partial charge in [0, 0.05) is 11.6 Å². The van der Waals surface area contributed by atoms with Gasteiger partial charge >= 0.3 is 5.69 Å². The van der Waals surface area contributed by atoms with Gasteiger partial charge in [0.2, 0.25) is 5.75 Å².